The van der Waals surface area contributed by atoms with Crippen LogP contribution in [0, 0.1) is 5.92 Å². The normalized spacial score (nSPS) is 12.8. The Bertz CT molecular complexity index is 521. The first-order chi connectivity index (χ1) is 8.63. The molecule has 1 heterocycles. The molecule has 1 atom stereocenters. The molecule has 2 N–H and O–H groups in total. The summed E-state index contributed by atoms with van der Waals surface area (Å²) in [4.78, 5) is 6.69. The van der Waals surface area contributed by atoms with E-state index in [2.05, 4.69) is 30.7 Å². The molecule has 0 fully saturated rings. The van der Waals surface area contributed by atoms with Gasteiger partial charge in [0.2, 0.25) is 0 Å². The third-order valence-corrected chi connectivity index (χ3v) is 3.28. The minimum absolute atomic E-state index is 0.630. The Labute approximate surface area is 108 Å². The van der Waals surface area contributed by atoms with Crippen LogP contribution in [0.1, 0.15) is 27.2 Å². The zero-order valence-electron chi connectivity index (χ0n) is 11.3. The lowest BCUT2D eigenvalue weighted by Gasteiger charge is -2.21. The van der Waals surface area contributed by atoms with E-state index in [1.54, 1.807) is 0 Å². The van der Waals surface area contributed by atoms with Crippen molar-refractivity contribution in [3.05, 3.63) is 18.2 Å². The van der Waals surface area contributed by atoms with Crippen molar-refractivity contribution in [2.45, 2.75) is 27.2 Å². The van der Waals surface area contributed by atoms with Crippen LogP contribution in [-0.4, -0.2) is 18.1 Å². The van der Waals surface area contributed by atoms with Gasteiger partial charge in [0.15, 0.2) is 5.58 Å². The van der Waals surface area contributed by atoms with E-state index in [4.69, 9.17) is 10.2 Å². The van der Waals surface area contributed by atoms with Crippen LogP contribution in [0.25, 0.3) is 11.1 Å². The average Bonchev–Trinajstić information content (AvgIpc) is 2.78. The smallest absolute Gasteiger partial charge is 0.298 e. The molecule has 0 aliphatic carbocycles. The van der Waals surface area contributed by atoms with Gasteiger partial charge < -0.3 is 15.1 Å². The Hall–Kier alpha value is -1.71. The summed E-state index contributed by atoms with van der Waals surface area (Å²) in [5.41, 5.74) is 8.07. The van der Waals surface area contributed by atoms with Gasteiger partial charge in [0.25, 0.3) is 6.01 Å². The van der Waals surface area contributed by atoms with Gasteiger partial charge in [-0.15, -0.1) is 0 Å². The van der Waals surface area contributed by atoms with Crippen LogP contribution >= 0.6 is 0 Å². The van der Waals surface area contributed by atoms with Crippen molar-refractivity contribution < 1.29 is 4.42 Å². The summed E-state index contributed by atoms with van der Waals surface area (Å²) in [6, 6.07) is 6.26. The standard InChI is InChI=1S/C14H21N3O/c1-4-10(3)9-17(5-2)14-16-12-7-6-11(15)8-13(12)18-14/h6-8,10H,4-5,9,15H2,1-3H3. The van der Waals surface area contributed by atoms with E-state index in [0.29, 0.717) is 17.6 Å². The molecule has 1 aromatic carbocycles. The summed E-state index contributed by atoms with van der Waals surface area (Å²) in [7, 11) is 0. The van der Waals surface area contributed by atoms with Gasteiger partial charge in [-0.25, -0.2) is 0 Å². The molecule has 18 heavy (non-hydrogen) atoms. The molecule has 0 bridgehead atoms. The molecule has 2 aromatic rings. The van der Waals surface area contributed by atoms with Crippen molar-refractivity contribution in [3.63, 3.8) is 0 Å². The van der Waals surface area contributed by atoms with Crippen molar-refractivity contribution in [2.24, 2.45) is 5.92 Å². The largest absolute Gasteiger partial charge is 0.423 e. The van der Waals surface area contributed by atoms with Crippen LogP contribution in [-0.2, 0) is 0 Å². The van der Waals surface area contributed by atoms with Gasteiger partial charge in [-0.1, -0.05) is 20.3 Å². The molecule has 0 aliphatic rings. The Morgan fingerprint density at radius 3 is 2.83 bits per heavy atom. The molecule has 2 rings (SSSR count). The van der Waals surface area contributed by atoms with E-state index in [-0.39, 0.29) is 0 Å². The summed E-state index contributed by atoms with van der Waals surface area (Å²) in [5.74, 6) is 0.630. The summed E-state index contributed by atoms with van der Waals surface area (Å²) in [5, 5.41) is 0. The van der Waals surface area contributed by atoms with Gasteiger partial charge in [-0.3, -0.25) is 0 Å². The SMILES string of the molecule is CCC(C)CN(CC)c1nc2ccc(N)cc2o1. The van der Waals surface area contributed by atoms with Crippen molar-refractivity contribution in [2.75, 3.05) is 23.7 Å². The summed E-state index contributed by atoms with van der Waals surface area (Å²) in [6.07, 6.45) is 1.16. The highest BCUT2D eigenvalue weighted by Gasteiger charge is 2.14. The maximum Gasteiger partial charge on any atom is 0.298 e. The van der Waals surface area contributed by atoms with Crippen LogP contribution in [0.4, 0.5) is 11.7 Å². The van der Waals surface area contributed by atoms with Gasteiger partial charge in [0.1, 0.15) is 5.52 Å². The van der Waals surface area contributed by atoms with Crippen molar-refractivity contribution in [1.82, 2.24) is 4.98 Å². The molecule has 0 aliphatic heterocycles. The van der Waals surface area contributed by atoms with E-state index in [1.165, 1.54) is 0 Å². The molecule has 0 saturated heterocycles. The monoisotopic (exact) mass is 247 g/mol. The Balaban J connectivity index is 2.28. The van der Waals surface area contributed by atoms with Crippen LogP contribution in [0.5, 0.6) is 0 Å². The number of hydrogen-bond acceptors (Lipinski definition) is 4. The fourth-order valence-electron chi connectivity index (χ4n) is 1.91. The topological polar surface area (TPSA) is 55.3 Å². The van der Waals surface area contributed by atoms with Gasteiger partial charge in [0.05, 0.1) is 0 Å². The highest BCUT2D eigenvalue weighted by Crippen LogP contribution is 2.24. The van der Waals surface area contributed by atoms with Crippen LogP contribution in [0.3, 0.4) is 0 Å². The molecule has 0 spiro atoms. The van der Waals surface area contributed by atoms with Crippen molar-refractivity contribution in [3.8, 4) is 0 Å². The van der Waals surface area contributed by atoms with Crippen LogP contribution < -0.4 is 10.6 Å². The number of fused-ring (bicyclic) bond motifs is 1. The minimum atomic E-state index is 0.630. The third-order valence-electron chi connectivity index (χ3n) is 3.28. The Morgan fingerprint density at radius 2 is 2.17 bits per heavy atom. The second-order valence-electron chi connectivity index (χ2n) is 4.78. The fourth-order valence-corrected chi connectivity index (χ4v) is 1.91. The quantitative estimate of drug-likeness (QED) is 0.824. The van der Waals surface area contributed by atoms with Gasteiger partial charge >= 0.3 is 0 Å². The number of nitrogens with zero attached hydrogens (tertiary/aromatic N) is 2. The molecule has 4 heteroatoms. The lowest BCUT2D eigenvalue weighted by Crippen LogP contribution is -2.28. The summed E-state index contributed by atoms with van der Waals surface area (Å²) in [6.45, 7) is 8.42. The van der Waals surface area contributed by atoms with E-state index in [0.717, 1.165) is 30.6 Å². The molecule has 4 nitrogen and oxygen atoms in total. The minimum Gasteiger partial charge on any atom is -0.423 e. The maximum absolute atomic E-state index is 5.78. The fraction of sp³-hybridized carbons (Fsp3) is 0.500. The molecule has 0 radical (unpaired) electrons. The van der Waals surface area contributed by atoms with Gasteiger partial charge in [0, 0.05) is 24.8 Å². The van der Waals surface area contributed by atoms with E-state index < -0.39 is 0 Å². The first-order valence-corrected chi connectivity index (χ1v) is 6.55. The average molecular weight is 247 g/mol. The Kier molecular flexibility index (Phi) is 3.75. The first-order valence-electron chi connectivity index (χ1n) is 6.55. The summed E-state index contributed by atoms with van der Waals surface area (Å²) >= 11 is 0. The molecule has 98 valence electrons. The van der Waals surface area contributed by atoms with Crippen LogP contribution in [0.2, 0.25) is 0 Å². The predicted octanol–water partition coefficient (Wildman–Crippen LogP) is 3.28. The first kappa shape index (κ1) is 12.7. The number of anilines is 2. The summed E-state index contributed by atoms with van der Waals surface area (Å²) < 4.78 is 5.78. The zero-order chi connectivity index (χ0) is 13.1. The number of aromatic nitrogens is 1. The van der Waals surface area contributed by atoms with Gasteiger partial charge in [-0.2, -0.15) is 4.98 Å². The van der Waals surface area contributed by atoms with Gasteiger partial charge in [-0.05, 0) is 25.0 Å². The van der Waals surface area contributed by atoms with Crippen LogP contribution in [0.15, 0.2) is 22.6 Å². The zero-order valence-corrected chi connectivity index (χ0v) is 11.3. The second kappa shape index (κ2) is 5.29. The molecular weight excluding hydrogens is 226 g/mol. The third kappa shape index (κ3) is 2.58. The molecule has 1 unspecified atom stereocenters. The number of rotatable bonds is 5. The second-order valence-corrected chi connectivity index (χ2v) is 4.78. The van der Waals surface area contributed by atoms with E-state index >= 15 is 0 Å². The lowest BCUT2D eigenvalue weighted by atomic mass is 10.1. The highest BCUT2D eigenvalue weighted by atomic mass is 16.4. The molecule has 1 aromatic heterocycles. The maximum atomic E-state index is 5.78. The van der Waals surface area contributed by atoms with E-state index in [9.17, 15) is 0 Å². The van der Waals surface area contributed by atoms with E-state index in [1.807, 2.05) is 18.2 Å². The highest BCUT2D eigenvalue weighted by molar-refractivity contribution is 5.78. The number of benzene rings is 1. The Morgan fingerprint density at radius 1 is 1.39 bits per heavy atom. The van der Waals surface area contributed by atoms with Crippen molar-refractivity contribution >= 4 is 22.8 Å². The number of nitrogens with two attached hydrogens (primary N) is 1. The number of nitrogen functional groups attached to an aromatic ring is 1. The predicted molar refractivity (Wildman–Crippen MR) is 75.8 cm³/mol. The van der Waals surface area contributed by atoms with Crippen molar-refractivity contribution in [1.29, 1.82) is 0 Å². The lowest BCUT2D eigenvalue weighted by molar-refractivity contribution is 0.504. The number of hydrogen-bond donors (Lipinski definition) is 1. The molecule has 0 saturated carbocycles. The molecular formula is C14H21N3O. The number of oxazole rings is 1. The molecule has 0 amide bonds.